The molecule has 0 aromatic heterocycles. The highest BCUT2D eigenvalue weighted by Crippen LogP contribution is 2.52. The van der Waals surface area contributed by atoms with Crippen LogP contribution in [0, 0.1) is 11.3 Å². The highest BCUT2D eigenvalue weighted by molar-refractivity contribution is 6.74. The molecule has 0 radical (unpaired) electrons. The van der Waals surface area contributed by atoms with Crippen molar-refractivity contribution in [3.05, 3.63) is 22.8 Å². The summed E-state index contributed by atoms with van der Waals surface area (Å²) < 4.78 is 11.9. The topological polar surface area (TPSA) is 52.6 Å². The van der Waals surface area contributed by atoms with E-state index in [4.69, 9.17) is 9.16 Å². The van der Waals surface area contributed by atoms with Gasteiger partial charge < -0.3 is 9.16 Å². The van der Waals surface area contributed by atoms with Crippen LogP contribution < -0.4 is 0 Å². The molecule has 2 aliphatic carbocycles. The second-order valence-corrected chi connectivity index (χ2v) is 14.0. The third-order valence-electron chi connectivity index (χ3n) is 5.85. The van der Waals surface area contributed by atoms with E-state index < -0.39 is 14.3 Å². The number of hydrogen-bond acceptors (Lipinski definition) is 4. The first kappa shape index (κ1) is 20.1. The number of rotatable bonds is 4. The SMILES string of the molecule is CCOC(=O)C1=C2C(=CC(C)(C)C2O[Si](C)(C)C(C)(C)C)C(C)C1=O. The zero-order valence-electron chi connectivity index (χ0n) is 17.1. The van der Waals surface area contributed by atoms with Gasteiger partial charge in [-0.25, -0.2) is 4.79 Å². The van der Waals surface area contributed by atoms with Crippen molar-refractivity contribution in [3.8, 4) is 0 Å². The smallest absolute Gasteiger partial charge is 0.342 e. The predicted octanol–water partition coefficient (Wildman–Crippen LogP) is 4.42. The van der Waals surface area contributed by atoms with Gasteiger partial charge in [-0.05, 0) is 30.6 Å². The maximum Gasteiger partial charge on any atom is 0.342 e. The first-order valence-corrected chi connectivity index (χ1v) is 12.0. The number of hydrogen-bond donors (Lipinski definition) is 0. The summed E-state index contributed by atoms with van der Waals surface area (Å²) in [4.78, 5) is 25.2. The number of ether oxygens (including phenoxy) is 1. The summed E-state index contributed by atoms with van der Waals surface area (Å²) in [6, 6.07) is 0. The minimum absolute atomic E-state index is 0.0463. The van der Waals surface area contributed by atoms with Crippen molar-refractivity contribution in [2.75, 3.05) is 6.61 Å². The van der Waals surface area contributed by atoms with Gasteiger partial charge in [-0.15, -0.1) is 0 Å². The van der Waals surface area contributed by atoms with Crippen molar-refractivity contribution in [2.24, 2.45) is 11.3 Å². The van der Waals surface area contributed by atoms with Crippen molar-refractivity contribution in [1.82, 2.24) is 0 Å². The van der Waals surface area contributed by atoms with E-state index in [9.17, 15) is 9.59 Å². The van der Waals surface area contributed by atoms with E-state index in [1.807, 2.05) is 6.92 Å². The van der Waals surface area contributed by atoms with Crippen LogP contribution in [-0.2, 0) is 18.8 Å². The van der Waals surface area contributed by atoms with Gasteiger partial charge in [0.05, 0.1) is 12.7 Å². The standard InChI is InChI=1S/C20H32O4Si/c1-10-23-18(22)15-14-13(12(2)16(15)21)11-20(6,7)17(14)24-25(8,9)19(3,4)5/h11-12,17H,10H2,1-9H3. The fourth-order valence-electron chi connectivity index (χ4n) is 3.30. The van der Waals surface area contributed by atoms with Gasteiger partial charge in [-0.1, -0.05) is 47.6 Å². The lowest BCUT2D eigenvalue weighted by molar-refractivity contribution is -0.140. The lowest BCUT2D eigenvalue weighted by atomic mass is 9.87. The lowest BCUT2D eigenvalue weighted by Crippen LogP contribution is -2.47. The van der Waals surface area contributed by atoms with Crippen LogP contribution in [0.5, 0.6) is 0 Å². The molecular weight excluding hydrogens is 332 g/mol. The van der Waals surface area contributed by atoms with Crippen molar-refractivity contribution in [1.29, 1.82) is 0 Å². The number of Topliss-reactive ketones (excluding diaryl/α,β-unsaturated/α-hetero) is 1. The Balaban J connectivity index is 2.56. The molecule has 0 saturated carbocycles. The van der Waals surface area contributed by atoms with E-state index in [2.05, 4.69) is 53.8 Å². The van der Waals surface area contributed by atoms with Crippen molar-refractivity contribution >= 4 is 20.1 Å². The van der Waals surface area contributed by atoms with E-state index in [1.54, 1.807) is 6.92 Å². The van der Waals surface area contributed by atoms with Gasteiger partial charge in [0.1, 0.15) is 5.57 Å². The average molecular weight is 365 g/mol. The van der Waals surface area contributed by atoms with Crippen LogP contribution in [-0.4, -0.2) is 32.8 Å². The Morgan fingerprint density at radius 2 is 1.84 bits per heavy atom. The number of ketones is 1. The summed E-state index contributed by atoms with van der Waals surface area (Å²) in [6.45, 7) is 19.1. The van der Waals surface area contributed by atoms with Crippen LogP contribution in [0.15, 0.2) is 22.8 Å². The fourth-order valence-corrected chi connectivity index (χ4v) is 4.66. The van der Waals surface area contributed by atoms with Crippen molar-refractivity contribution in [3.63, 3.8) is 0 Å². The Labute approximate surface area is 152 Å². The summed E-state index contributed by atoms with van der Waals surface area (Å²) in [5, 5.41) is 0.0463. The molecule has 0 aliphatic heterocycles. The molecule has 0 N–H and O–H groups in total. The zero-order valence-corrected chi connectivity index (χ0v) is 18.1. The highest BCUT2D eigenvalue weighted by Gasteiger charge is 2.53. The number of carbonyl (C=O) groups excluding carboxylic acids is 2. The molecule has 0 fully saturated rings. The molecule has 0 heterocycles. The Kier molecular flexibility index (Phi) is 4.99. The van der Waals surface area contributed by atoms with Gasteiger partial charge in [-0.3, -0.25) is 4.79 Å². The average Bonchev–Trinajstić information content (AvgIpc) is 2.82. The molecule has 2 rings (SSSR count). The van der Waals surface area contributed by atoms with Crippen LogP contribution in [0.1, 0.15) is 48.5 Å². The molecule has 2 aliphatic rings. The Hall–Kier alpha value is -1.20. The summed E-state index contributed by atoms with van der Waals surface area (Å²) in [7, 11) is -2.08. The molecule has 0 saturated heterocycles. The molecule has 140 valence electrons. The summed E-state index contributed by atoms with van der Waals surface area (Å²) in [5.74, 6) is -0.958. The first-order chi connectivity index (χ1) is 11.2. The van der Waals surface area contributed by atoms with Crippen LogP contribution >= 0.6 is 0 Å². The van der Waals surface area contributed by atoms with E-state index in [0.717, 1.165) is 11.1 Å². The maximum absolute atomic E-state index is 12.7. The molecule has 25 heavy (non-hydrogen) atoms. The molecule has 0 aromatic carbocycles. The summed E-state index contributed by atoms with van der Waals surface area (Å²) in [6.07, 6.45) is 1.84. The Morgan fingerprint density at radius 1 is 1.28 bits per heavy atom. The lowest BCUT2D eigenvalue weighted by Gasteiger charge is -2.42. The molecule has 5 heteroatoms. The van der Waals surface area contributed by atoms with Crippen LogP contribution in [0.2, 0.25) is 18.1 Å². The third-order valence-corrected chi connectivity index (χ3v) is 10.3. The molecule has 4 nitrogen and oxygen atoms in total. The van der Waals surface area contributed by atoms with Gasteiger partial charge in [0.25, 0.3) is 0 Å². The molecule has 0 amide bonds. The monoisotopic (exact) mass is 364 g/mol. The molecule has 2 atom stereocenters. The second kappa shape index (κ2) is 6.20. The summed E-state index contributed by atoms with van der Waals surface area (Å²) >= 11 is 0. The normalized spacial score (nSPS) is 26.0. The molecule has 0 aromatic rings. The molecule has 0 spiro atoms. The van der Waals surface area contributed by atoms with Gasteiger partial charge in [0, 0.05) is 16.9 Å². The number of fused-ring (bicyclic) bond motifs is 1. The quantitative estimate of drug-likeness (QED) is 0.421. The van der Waals surface area contributed by atoms with Gasteiger partial charge >= 0.3 is 5.97 Å². The second-order valence-electron chi connectivity index (χ2n) is 9.27. The van der Waals surface area contributed by atoms with E-state index in [0.29, 0.717) is 0 Å². The number of carbonyl (C=O) groups is 2. The largest absolute Gasteiger partial charge is 0.462 e. The van der Waals surface area contributed by atoms with Crippen LogP contribution in [0.4, 0.5) is 0 Å². The van der Waals surface area contributed by atoms with Gasteiger partial charge in [-0.2, -0.15) is 0 Å². The Bertz CT molecular complexity index is 662. The fraction of sp³-hybridized carbons (Fsp3) is 0.700. The number of esters is 1. The van der Waals surface area contributed by atoms with Crippen molar-refractivity contribution < 1.29 is 18.8 Å². The van der Waals surface area contributed by atoms with Crippen LogP contribution in [0.3, 0.4) is 0 Å². The van der Waals surface area contributed by atoms with E-state index >= 15 is 0 Å². The van der Waals surface area contributed by atoms with E-state index in [1.165, 1.54) is 0 Å². The van der Waals surface area contributed by atoms with Gasteiger partial charge in [0.2, 0.25) is 0 Å². The third kappa shape index (κ3) is 3.28. The molecule has 0 bridgehead atoms. The van der Waals surface area contributed by atoms with Crippen LogP contribution in [0.25, 0.3) is 0 Å². The van der Waals surface area contributed by atoms with Gasteiger partial charge in [0.15, 0.2) is 14.1 Å². The minimum atomic E-state index is -2.08. The van der Waals surface area contributed by atoms with Crippen molar-refractivity contribution in [2.45, 2.75) is 72.7 Å². The van der Waals surface area contributed by atoms with E-state index in [-0.39, 0.29) is 40.4 Å². The Morgan fingerprint density at radius 3 is 2.32 bits per heavy atom. The molecular formula is C20H32O4Si. The zero-order chi connectivity index (χ0) is 19.4. The highest BCUT2D eigenvalue weighted by atomic mass is 28.4. The molecule has 2 unspecified atom stereocenters. The summed E-state index contributed by atoms with van der Waals surface area (Å²) in [5.41, 5.74) is 1.66. The first-order valence-electron chi connectivity index (χ1n) is 9.11. The minimum Gasteiger partial charge on any atom is -0.462 e. The predicted molar refractivity (Wildman–Crippen MR) is 102 cm³/mol. The maximum atomic E-state index is 12.7.